The van der Waals surface area contributed by atoms with Crippen LogP contribution in [0, 0.1) is 0 Å². The van der Waals surface area contributed by atoms with E-state index in [-0.39, 0.29) is 11.9 Å². The molecule has 0 bridgehead atoms. The lowest BCUT2D eigenvalue weighted by molar-refractivity contribution is 0.101. The van der Waals surface area contributed by atoms with Gasteiger partial charge in [0.2, 0.25) is 0 Å². The number of hydrogen-bond acceptors (Lipinski definition) is 4. The number of carbonyl (C=O) groups is 1. The minimum Gasteiger partial charge on any atom is -0.409 e. The molecule has 0 saturated carbocycles. The van der Waals surface area contributed by atoms with Gasteiger partial charge in [-0.05, 0) is 37.3 Å². The molecule has 1 heterocycles. The SMILES string of the molecule is CC(=O)c1ccc(Oc2nc3ccccc3o2)c(Cl)c1. The zero-order valence-corrected chi connectivity index (χ0v) is 11.3. The standard InChI is InChI=1S/C15H10ClNO3/c1-9(18)10-6-7-13(11(16)8-10)19-15-17-12-4-2-3-5-14(12)20-15/h2-8H,1H3. The Hall–Kier alpha value is -2.33. The fraction of sp³-hybridized carbons (Fsp3) is 0.0667. The molecule has 0 aliphatic rings. The topological polar surface area (TPSA) is 52.3 Å². The predicted octanol–water partition coefficient (Wildman–Crippen LogP) is 4.48. The number of rotatable bonds is 3. The van der Waals surface area contributed by atoms with Gasteiger partial charge in [0.25, 0.3) is 0 Å². The van der Waals surface area contributed by atoms with Crippen LogP contribution in [-0.2, 0) is 0 Å². The van der Waals surface area contributed by atoms with Gasteiger partial charge in [0.1, 0.15) is 5.52 Å². The summed E-state index contributed by atoms with van der Waals surface area (Å²) < 4.78 is 11.0. The summed E-state index contributed by atoms with van der Waals surface area (Å²) in [7, 11) is 0. The molecule has 0 atom stereocenters. The van der Waals surface area contributed by atoms with E-state index < -0.39 is 0 Å². The van der Waals surface area contributed by atoms with E-state index in [2.05, 4.69) is 4.98 Å². The molecule has 0 spiro atoms. The maximum Gasteiger partial charge on any atom is 0.400 e. The van der Waals surface area contributed by atoms with Crippen molar-refractivity contribution < 1.29 is 13.9 Å². The van der Waals surface area contributed by atoms with Gasteiger partial charge in [0.05, 0.1) is 5.02 Å². The van der Waals surface area contributed by atoms with E-state index in [4.69, 9.17) is 20.8 Å². The van der Waals surface area contributed by atoms with E-state index in [1.807, 2.05) is 18.2 Å². The summed E-state index contributed by atoms with van der Waals surface area (Å²) >= 11 is 6.08. The summed E-state index contributed by atoms with van der Waals surface area (Å²) in [6.45, 7) is 1.48. The smallest absolute Gasteiger partial charge is 0.400 e. The molecule has 0 radical (unpaired) electrons. The zero-order valence-electron chi connectivity index (χ0n) is 10.6. The molecule has 3 aromatic rings. The second kappa shape index (κ2) is 4.98. The Kier molecular flexibility index (Phi) is 3.16. The summed E-state index contributed by atoms with van der Waals surface area (Å²) in [5.74, 6) is 0.337. The average Bonchev–Trinajstić information content (AvgIpc) is 2.83. The number of benzene rings is 2. The van der Waals surface area contributed by atoms with E-state index in [0.717, 1.165) is 0 Å². The molecule has 20 heavy (non-hydrogen) atoms. The fourth-order valence-corrected chi connectivity index (χ4v) is 2.01. The first kappa shape index (κ1) is 12.7. The molecule has 3 rings (SSSR count). The molecule has 0 amide bonds. The highest BCUT2D eigenvalue weighted by molar-refractivity contribution is 6.32. The summed E-state index contributed by atoms with van der Waals surface area (Å²) in [6, 6.07) is 12.2. The maximum absolute atomic E-state index is 11.3. The molecule has 2 aromatic carbocycles. The number of ketones is 1. The van der Waals surface area contributed by atoms with Crippen molar-refractivity contribution in [3.05, 3.63) is 53.1 Å². The lowest BCUT2D eigenvalue weighted by Gasteiger charge is -2.04. The molecule has 4 nitrogen and oxygen atoms in total. The number of Topliss-reactive ketones (excluding diaryl/α,β-unsaturated/α-hetero) is 1. The van der Waals surface area contributed by atoms with Crippen molar-refractivity contribution in [3.8, 4) is 11.8 Å². The lowest BCUT2D eigenvalue weighted by Crippen LogP contribution is -1.93. The van der Waals surface area contributed by atoms with E-state index in [0.29, 0.717) is 27.4 Å². The number of oxazole rings is 1. The number of aromatic nitrogens is 1. The van der Waals surface area contributed by atoms with Crippen molar-refractivity contribution >= 4 is 28.5 Å². The van der Waals surface area contributed by atoms with Crippen LogP contribution >= 0.6 is 11.6 Å². The number of nitrogens with zero attached hydrogens (tertiary/aromatic N) is 1. The molecule has 0 fully saturated rings. The van der Waals surface area contributed by atoms with Crippen LogP contribution in [0.15, 0.2) is 46.9 Å². The average molecular weight is 288 g/mol. The Balaban J connectivity index is 1.92. The number of ether oxygens (including phenoxy) is 1. The second-order valence-electron chi connectivity index (χ2n) is 4.25. The molecule has 0 unspecified atom stereocenters. The van der Waals surface area contributed by atoms with Crippen molar-refractivity contribution in [2.75, 3.05) is 0 Å². The molecule has 5 heteroatoms. The van der Waals surface area contributed by atoms with Crippen LogP contribution in [0.4, 0.5) is 0 Å². The Morgan fingerprint density at radius 2 is 2.05 bits per heavy atom. The third-order valence-electron chi connectivity index (χ3n) is 2.81. The van der Waals surface area contributed by atoms with Gasteiger partial charge in [0, 0.05) is 5.56 Å². The van der Waals surface area contributed by atoms with E-state index in [1.54, 1.807) is 24.3 Å². The minimum atomic E-state index is -0.0553. The Morgan fingerprint density at radius 1 is 1.25 bits per heavy atom. The van der Waals surface area contributed by atoms with Gasteiger partial charge in [0.15, 0.2) is 17.1 Å². The highest BCUT2D eigenvalue weighted by Crippen LogP contribution is 2.31. The summed E-state index contributed by atoms with van der Waals surface area (Å²) in [5, 5.41) is 0.333. The first-order chi connectivity index (χ1) is 9.63. The minimum absolute atomic E-state index is 0.0553. The van der Waals surface area contributed by atoms with Crippen molar-refractivity contribution in [2.45, 2.75) is 6.92 Å². The van der Waals surface area contributed by atoms with Crippen molar-refractivity contribution in [1.29, 1.82) is 0 Å². The molecular formula is C15H10ClNO3. The highest BCUT2D eigenvalue weighted by atomic mass is 35.5. The molecular weight excluding hydrogens is 278 g/mol. The van der Waals surface area contributed by atoms with Crippen LogP contribution in [0.2, 0.25) is 5.02 Å². The van der Waals surface area contributed by atoms with E-state index in [1.165, 1.54) is 6.92 Å². The maximum atomic E-state index is 11.3. The van der Waals surface area contributed by atoms with Gasteiger partial charge < -0.3 is 9.15 Å². The van der Waals surface area contributed by atoms with Crippen molar-refractivity contribution in [1.82, 2.24) is 4.98 Å². The van der Waals surface area contributed by atoms with Crippen LogP contribution in [0.1, 0.15) is 17.3 Å². The fourth-order valence-electron chi connectivity index (χ4n) is 1.79. The van der Waals surface area contributed by atoms with Crippen LogP contribution in [0.5, 0.6) is 11.8 Å². The van der Waals surface area contributed by atoms with Crippen molar-refractivity contribution in [2.24, 2.45) is 0 Å². The molecule has 0 N–H and O–H groups in total. The molecule has 0 aliphatic heterocycles. The number of para-hydroxylation sites is 2. The van der Waals surface area contributed by atoms with Gasteiger partial charge in [-0.15, -0.1) is 0 Å². The largest absolute Gasteiger partial charge is 0.409 e. The van der Waals surface area contributed by atoms with Gasteiger partial charge in [-0.2, -0.15) is 4.98 Å². The Bertz CT molecular complexity index is 762. The number of carbonyl (C=O) groups excluding carboxylic acids is 1. The third-order valence-corrected chi connectivity index (χ3v) is 3.11. The monoisotopic (exact) mass is 287 g/mol. The highest BCUT2D eigenvalue weighted by Gasteiger charge is 2.11. The second-order valence-corrected chi connectivity index (χ2v) is 4.66. The van der Waals surface area contributed by atoms with Gasteiger partial charge in [-0.25, -0.2) is 0 Å². The third kappa shape index (κ3) is 2.38. The zero-order chi connectivity index (χ0) is 14.1. The molecule has 0 saturated heterocycles. The van der Waals surface area contributed by atoms with Gasteiger partial charge in [-0.3, -0.25) is 4.79 Å². The number of halogens is 1. The van der Waals surface area contributed by atoms with Gasteiger partial charge >= 0.3 is 6.08 Å². The van der Waals surface area contributed by atoms with Crippen molar-refractivity contribution in [3.63, 3.8) is 0 Å². The van der Waals surface area contributed by atoms with Gasteiger partial charge in [-0.1, -0.05) is 23.7 Å². The first-order valence-electron chi connectivity index (χ1n) is 5.97. The molecule has 1 aromatic heterocycles. The quantitative estimate of drug-likeness (QED) is 0.667. The summed E-state index contributed by atoms with van der Waals surface area (Å²) in [5.41, 5.74) is 1.87. The van der Waals surface area contributed by atoms with Crippen LogP contribution < -0.4 is 4.74 Å². The summed E-state index contributed by atoms with van der Waals surface area (Å²) in [4.78, 5) is 15.4. The number of fused-ring (bicyclic) bond motifs is 1. The van der Waals surface area contributed by atoms with E-state index in [9.17, 15) is 4.79 Å². The molecule has 100 valence electrons. The van der Waals surface area contributed by atoms with Crippen LogP contribution in [0.25, 0.3) is 11.1 Å². The Labute approximate surface area is 119 Å². The molecule has 0 aliphatic carbocycles. The Morgan fingerprint density at radius 3 is 2.75 bits per heavy atom. The van der Waals surface area contributed by atoms with Crippen LogP contribution in [0.3, 0.4) is 0 Å². The lowest BCUT2D eigenvalue weighted by atomic mass is 10.1. The normalized spacial score (nSPS) is 10.7. The number of hydrogen-bond donors (Lipinski definition) is 0. The van der Waals surface area contributed by atoms with Crippen LogP contribution in [-0.4, -0.2) is 10.8 Å². The summed E-state index contributed by atoms with van der Waals surface area (Å²) in [6.07, 6.45) is 0.115. The first-order valence-corrected chi connectivity index (χ1v) is 6.35. The van der Waals surface area contributed by atoms with E-state index >= 15 is 0 Å². The predicted molar refractivity (Wildman–Crippen MR) is 75.5 cm³/mol.